The van der Waals surface area contributed by atoms with Crippen LogP contribution in [0.2, 0.25) is 0 Å². The van der Waals surface area contributed by atoms with Crippen LogP contribution in [0.4, 0.5) is 4.79 Å². The van der Waals surface area contributed by atoms with Gasteiger partial charge in [0.25, 0.3) is 0 Å². The highest BCUT2D eigenvalue weighted by Crippen LogP contribution is 2.59. The zero-order valence-electron chi connectivity index (χ0n) is 17.7. The molecule has 3 fully saturated rings. The lowest BCUT2D eigenvalue weighted by Gasteiger charge is -2.45. The molecule has 1 aromatic carbocycles. The SMILES string of the molecule is COC(=O)NC1(C)CC(C(=O)N2CC3CC3(c3cccc(C(C)(C)C)c3)C2)C1. The maximum absolute atomic E-state index is 13.0. The fraction of sp³-hybridized carbons (Fsp3) is 0.652. The van der Waals surface area contributed by atoms with Crippen LogP contribution in [0.5, 0.6) is 0 Å². The van der Waals surface area contributed by atoms with E-state index in [1.54, 1.807) is 0 Å². The molecule has 1 aromatic rings. The molecule has 0 spiro atoms. The van der Waals surface area contributed by atoms with Crippen LogP contribution < -0.4 is 5.32 Å². The van der Waals surface area contributed by atoms with Gasteiger partial charge in [0.2, 0.25) is 5.91 Å². The molecule has 1 N–H and O–H groups in total. The third-order valence-electron chi connectivity index (χ3n) is 7.09. The molecule has 0 aromatic heterocycles. The molecule has 2 saturated carbocycles. The highest BCUT2D eigenvalue weighted by molar-refractivity contribution is 5.82. The highest BCUT2D eigenvalue weighted by atomic mass is 16.5. The van der Waals surface area contributed by atoms with Crippen molar-refractivity contribution in [3.8, 4) is 0 Å². The predicted molar refractivity (Wildman–Crippen MR) is 108 cm³/mol. The van der Waals surface area contributed by atoms with Crippen molar-refractivity contribution in [2.24, 2.45) is 11.8 Å². The Hall–Kier alpha value is -2.04. The minimum absolute atomic E-state index is 0.0117. The quantitative estimate of drug-likeness (QED) is 0.866. The first kappa shape index (κ1) is 19.3. The summed E-state index contributed by atoms with van der Waals surface area (Å²) in [6, 6.07) is 8.97. The van der Waals surface area contributed by atoms with E-state index in [0.29, 0.717) is 18.8 Å². The van der Waals surface area contributed by atoms with E-state index in [2.05, 4.69) is 60.0 Å². The van der Waals surface area contributed by atoms with Gasteiger partial charge >= 0.3 is 6.09 Å². The van der Waals surface area contributed by atoms with Crippen molar-refractivity contribution in [1.29, 1.82) is 0 Å². The third kappa shape index (κ3) is 3.19. The second kappa shape index (κ2) is 6.23. The molecule has 0 radical (unpaired) electrons. The fourth-order valence-corrected chi connectivity index (χ4v) is 5.25. The van der Waals surface area contributed by atoms with Gasteiger partial charge in [-0.3, -0.25) is 4.79 Å². The number of benzene rings is 1. The van der Waals surface area contributed by atoms with E-state index < -0.39 is 6.09 Å². The van der Waals surface area contributed by atoms with Gasteiger partial charge in [0, 0.05) is 30.0 Å². The van der Waals surface area contributed by atoms with Crippen LogP contribution in [0.25, 0.3) is 0 Å². The summed E-state index contributed by atoms with van der Waals surface area (Å²) < 4.78 is 4.69. The molecule has 2 amide bonds. The molecule has 4 rings (SSSR count). The molecule has 1 aliphatic heterocycles. The molecule has 3 aliphatic rings. The van der Waals surface area contributed by atoms with Gasteiger partial charge in [-0.25, -0.2) is 4.79 Å². The zero-order valence-corrected chi connectivity index (χ0v) is 17.7. The van der Waals surface area contributed by atoms with E-state index in [1.807, 2.05) is 6.92 Å². The number of alkyl carbamates (subject to hydrolysis) is 1. The van der Waals surface area contributed by atoms with Crippen molar-refractivity contribution < 1.29 is 14.3 Å². The van der Waals surface area contributed by atoms with Crippen molar-refractivity contribution in [3.05, 3.63) is 35.4 Å². The lowest BCUT2D eigenvalue weighted by atomic mass is 9.69. The van der Waals surface area contributed by atoms with Gasteiger partial charge in [0.1, 0.15) is 0 Å². The number of amides is 2. The number of fused-ring (bicyclic) bond motifs is 1. The first-order valence-electron chi connectivity index (χ1n) is 10.3. The molecule has 28 heavy (non-hydrogen) atoms. The van der Waals surface area contributed by atoms with Gasteiger partial charge in [-0.15, -0.1) is 0 Å². The number of carbonyl (C=O) groups excluding carboxylic acids is 2. The van der Waals surface area contributed by atoms with E-state index in [-0.39, 0.29) is 28.2 Å². The number of likely N-dealkylation sites (tertiary alicyclic amines) is 1. The molecule has 1 saturated heterocycles. The summed E-state index contributed by atoms with van der Waals surface area (Å²) in [6.45, 7) is 10.4. The Morgan fingerprint density at radius 1 is 1.21 bits per heavy atom. The molecule has 2 aliphatic carbocycles. The van der Waals surface area contributed by atoms with Crippen molar-refractivity contribution in [3.63, 3.8) is 0 Å². The molecule has 5 nitrogen and oxygen atoms in total. The van der Waals surface area contributed by atoms with Gasteiger partial charge < -0.3 is 15.0 Å². The van der Waals surface area contributed by atoms with Gasteiger partial charge in [-0.05, 0) is 48.6 Å². The van der Waals surface area contributed by atoms with Gasteiger partial charge in [0.05, 0.1) is 7.11 Å². The maximum Gasteiger partial charge on any atom is 0.407 e. The van der Waals surface area contributed by atoms with Gasteiger partial charge in [-0.2, -0.15) is 0 Å². The lowest BCUT2D eigenvalue weighted by molar-refractivity contribution is -0.140. The average Bonchev–Trinajstić information content (AvgIpc) is 3.19. The summed E-state index contributed by atoms with van der Waals surface area (Å²) in [4.78, 5) is 26.6. The largest absolute Gasteiger partial charge is 0.453 e. The molecule has 5 heteroatoms. The minimum Gasteiger partial charge on any atom is -0.453 e. The number of hydrogen-bond donors (Lipinski definition) is 1. The number of nitrogens with zero attached hydrogens (tertiary/aromatic N) is 1. The Morgan fingerprint density at radius 3 is 2.57 bits per heavy atom. The number of hydrogen-bond acceptors (Lipinski definition) is 3. The first-order valence-corrected chi connectivity index (χ1v) is 10.3. The van der Waals surface area contributed by atoms with Crippen LogP contribution in [0, 0.1) is 11.8 Å². The normalized spacial score (nSPS) is 33.7. The summed E-state index contributed by atoms with van der Waals surface area (Å²) in [5.74, 6) is 0.853. The molecule has 0 bridgehead atoms. The molecule has 2 unspecified atom stereocenters. The fourth-order valence-electron chi connectivity index (χ4n) is 5.25. The molecular weight excluding hydrogens is 352 g/mol. The number of carbonyl (C=O) groups is 2. The van der Waals surface area contributed by atoms with Crippen LogP contribution in [-0.4, -0.2) is 42.6 Å². The number of nitrogens with one attached hydrogen (secondary N) is 1. The number of rotatable bonds is 3. The Balaban J connectivity index is 1.40. The first-order chi connectivity index (χ1) is 13.1. The Morgan fingerprint density at radius 2 is 1.93 bits per heavy atom. The predicted octanol–water partition coefficient (Wildman–Crippen LogP) is 3.61. The van der Waals surface area contributed by atoms with Crippen LogP contribution in [0.15, 0.2) is 24.3 Å². The zero-order chi connectivity index (χ0) is 20.3. The van der Waals surface area contributed by atoms with Crippen molar-refractivity contribution in [1.82, 2.24) is 10.2 Å². The summed E-state index contributed by atoms with van der Waals surface area (Å²) in [5, 5.41) is 2.86. The second-order valence-electron chi connectivity index (χ2n) is 10.4. The van der Waals surface area contributed by atoms with Crippen molar-refractivity contribution in [2.45, 2.75) is 63.3 Å². The van der Waals surface area contributed by atoms with Crippen LogP contribution in [-0.2, 0) is 20.4 Å². The van der Waals surface area contributed by atoms with Crippen LogP contribution >= 0.6 is 0 Å². The minimum atomic E-state index is -0.423. The van der Waals surface area contributed by atoms with Crippen molar-refractivity contribution >= 4 is 12.0 Å². The lowest BCUT2D eigenvalue weighted by Crippen LogP contribution is -2.58. The molecular formula is C23H32N2O3. The monoisotopic (exact) mass is 384 g/mol. The Kier molecular flexibility index (Phi) is 4.29. The Labute approximate surface area is 167 Å². The van der Waals surface area contributed by atoms with Crippen molar-refractivity contribution in [2.75, 3.05) is 20.2 Å². The van der Waals surface area contributed by atoms with E-state index in [4.69, 9.17) is 0 Å². The van der Waals surface area contributed by atoms with E-state index in [0.717, 1.165) is 13.1 Å². The van der Waals surface area contributed by atoms with E-state index >= 15 is 0 Å². The smallest absolute Gasteiger partial charge is 0.407 e. The van der Waals surface area contributed by atoms with Crippen LogP contribution in [0.3, 0.4) is 0 Å². The van der Waals surface area contributed by atoms with Crippen LogP contribution in [0.1, 0.15) is 58.1 Å². The molecule has 1 heterocycles. The van der Waals surface area contributed by atoms with Gasteiger partial charge in [0.15, 0.2) is 0 Å². The molecule has 152 valence electrons. The summed E-state index contributed by atoms with van der Waals surface area (Å²) in [5.41, 5.74) is 2.72. The van der Waals surface area contributed by atoms with Gasteiger partial charge in [-0.1, -0.05) is 45.0 Å². The third-order valence-corrected chi connectivity index (χ3v) is 7.09. The number of ether oxygens (including phenoxy) is 1. The van der Waals surface area contributed by atoms with E-state index in [1.165, 1.54) is 24.7 Å². The summed E-state index contributed by atoms with van der Waals surface area (Å²) >= 11 is 0. The topological polar surface area (TPSA) is 58.6 Å². The van der Waals surface area contributed by atoms with E-state index in [9.17, 15) is 9.59 Å². The number of methoxy groups -OCH3 is 1. The standard InChI is InChI=1S/C23H32N2O3/c1-21(2,3)16-7-6-8-17(9-16)23-12-18(23)13-25(14-23)19(26)15-10-22(4,11-15)24-20(27)28-5/h6-9,15,18H,10-14H2,1-5H3,(H,24,27). The Bertz CT molecular complexity index is 806. The second-order valence-corrected chi connectivity index (χ2v) is 10.4. The average molecular weight is 385 g/mol. The summed E-state index contributed by atoms with van der Waals surface area (Å²) in [7, 11) is 1.37. The molecule has 2 atom stereocenters. The maximum atomic E-state index is 13.0. The number of piperidine rings is 1. The summed E-state index contributed by atoms with van der Waals surface area (Å²) in [6.07, 6.45) is 2.15. The highest BCUT2D eigenvalue weighted by Gasteiger charge is 2.62.